The summed E-state index contributed by atoms with van der Waals surface area (Å²) in [4.78, 5) is 13.1. The molecular formula is C86H105NO21. The highest BCUT2D eigenvalue weighted by atomic mass is 16.8. The third-order valence-electron chi connectivity index (χ3n) is 20.8. The first kappa shape index (κ1) is 79.3. The van der Waals surface area contributed by atoms with Crippen molar-refractivity contribution in [2.45, 2.75) is 255 Å². The predicted molar refractivity (Wildman–Crippen MR) is 395 cm³/mol. The van der Waals surface area contributed by atoms with E-state index in [1.807, 2.05) is 247 Å². The molecule has 7 aromatic carbocycles. The quantitative estimate of drug-likeness (QED) is 0.0366. The zero-order valence-electron chi connectivity index (χ0n) is 62.7. The van der Waals surface area contributed by atoms with Crippen LogP contribution < -0.4 is 5.32 Å². The van der Waals surface area contributed by atoms with E-state index in [-0.39, 0.29) is 58.8 Å². The number of carbonyl (C=O) groups excluding carboxylic acids is 1. The van der Waals surface area contributed by atoms with Crippen molar-refractivity contribution in [1.82, 2.24) is 5.32 Å². The van der Waals surface area contributed by atoms with E-state index >= 15 is 0 Å². The van der Waals surface area contributed by atoms with E-state index < -0.39 is 159 Å². The molecule has 108 heavy (non-hydrogen) atoms. The van der Waals surface area contributed by atoms with E-state index in [1.54, 1.807) is 13.8 Å². The Hall–Kier alpha value is -6.79. The van der Waals surface area contributed by atoms with Crippen LogP contribution in [0, 0.1) is 5.92 Å². The summed E-state index contributed by atoms with van der Waals surface area (Å²) in [6, 6.07) is 67.9. The number of aliphatic hydroxyl groups is 2. The van der Waals surface area contributed by atoms with Crippen LogP contribution in [0.1, 0.15) is 94.3 Å². The number of amides is 1. The Morgan fingerprint density at radius 2 is 0.731 bits per heavy atom. The lowest BCUT2D eigenvalue weighted by atomic mass is 9.91. The van der Waals surface area contributed by atoms with Crippen molar-refractivity contribution in [1.29, 1.82) is 0 Å². The largest absolute Gasteiger partial charge is 0.385 e. The van der Waals surface area contributed by atoms with Gasteiger partial charge in [-0.1, -0.05) is 219 Å². The molecular weight excluding hydrogens is 1380 g/mol. The minimum Gasteiger partial charge on any atom is -0.385 e. The maximum atomic E-state index is 13.7. The number of fused-ring (bicyclic) bond motifs is 1. The van der Waals surface area contributed by atoms with Crippen molar-refractivity contribution in [3.63, 3.8) is 0 Å². The van der Waals surface area contributed by atoms with Gasteiger partial charge in [-0.25, -0.2) is 0 Å². The number of aliphatic hydroxyl groups excluding tert-OH is 2. The topological polar surface area (TPSA) is 236 Å². The summed E-state index contributed by atoms with van der Waals surface area (Å²) >= 11 is 0. The van der Waals surface area contributed by atoms with Crippen molar-refractivity contribution in [2.75, 3.05) is 13.2 Å². The molecule has 0 saturated carbocycles. The van der Waals surface area contributed by atoms with Gasteiger partial charge in [0.2, 0.25) is 5.91 Å². The fourth-order valence-corrected chi connectivity index (χ4v) is 15.1. The molecule has 25 atom stereocenters. The molecule has 0 aliphatic carbocycles. The molecule has 1 amide bonds. The van der Waals surface area contributed by atoms with E-state index in [1.165, 1.54) is 6.92 Å². The Balaban J connectivity index is 0.869. The molecule has 6 aliphatic heterocycles. The van der Waals surface area contributed by atoms with Crippen molar-refractivity contribution in [3.05, 3.63) is 251 Å². The first-order valence-corrected chi connectivity index (χ1v) is 37.9. The van der Waals surface area contributed by atoms with Crippen LogP contribution in [0.15, 0.2) is 212 Å². The number of nitrogens with one attached hydrogen (secondary N) is 1. The minimum absolute atomic E-state index is 0.0685. The van der Waals surface area contributed by atoms with Crippen LogP contribution >= 0.6 is 0 Å². The van der Waals surface area contributed by atoms with Gasteiger partial charge >= 0.3 is 0 Å². The molecule has 0 radical (unpaired) electrons. The van der Waals surface area contributed by atoms with Gasteiger partial charge in [-0.3, -0.25) is 4.79 Å². The normalized spacial score (nSPS) is 34.1. The summed E-state index contributed by atoms with van der Waals surface area (Å²) < 4.78 is 125. The van der Waals surface area contributed by atoms with Crippen molar-refractivity contribution < 1.29 is 100 Å². The van der Waals surface area contributed by atoms with Gasteiger partial charge in [0.15, 0.2) is 30.9 Å². The molecule has 0 aromatic heterocycles. The Kier molecular flexibility index (Phi) is 27.9. The molecule has 6 heterocycles. The van der Waals surface area contributed by atoms with Gasteiger partial charge < -0.3 is 101 Å². The smallest absolute Gasteiger partial charge is 0.217 e. The van der Waals surface area contributed by atoms with Crippen molar-refractivity contribution in [2.24, 2.45) is 5.92 Å². The first-order valence-electron chi connectivity index (χ1n) is 37.9. The molecule has 7 aromatic rings. The van der Waals surface area contributed by atoms with E-state index in [2.05, 4.69) is 5.32 Å². The van der Waals surface area contributed by atoms with Crippen LogP contribution in [0.3, 0.4) is 0 Å². The fraction of sp³-hybridized carbons (Fsp3) is 0.500. The third kappa shape index (κ3) is 20.5. The van der Waals surface area contributed by atoms with Crippen LogP contribution in [0.25, 0.3) is 0 Å². The highest BCUT2D eigenvalue weighted by molar-refractivity contribution is 5.73. The number of rotatable bonds is 31. The van der Waals surface area contributed by atoms with Crippen molar-refractivity contribution >= 4 is 5.91 Å². The number of hydrogen-bond donors (Lipinski definition) is 3. The second kappa shape index (κ2) is 38.0. The Labute approximate surface area is 633 Å². The molecule has 0 bridgehead atoms. The van der Waals surface area contributed by atoms with E-state index in [9.17, 15) is 15.0 Å². The average molecular weight is 1490 g/mol. The monoisotopic (exact) mass is 1490 g/mol. The predicted octanol–water partition coefficient (Wildman–Crippen LogP) is 11.0. The molecule has 6 fully saturated rings. The van der Waals surface area contributed by atoms with Crippen LogP contribution in [0.5, 0.6) is 0 Å². The molecule has 13 rings (SSSR count). The second-order valence-electron chi connectivity index (χ2n) is 29.4. The van der Waals surface area contributed by atoms with E-state index in [4.69, 9.17) is 85.3 Å². The highest BCUT2D eigenvalue weighted by Crippen LogP contribution is 2.42. The summed E-state index contributed by atoms with van der Waals surface area (Å²) in [5.74, 6) is -1.96. The lowest BCUT2D eigenvalue weighted by Gasteiger charge is -2.53. The Bertz CT molecular complexity index is 3790. The summed E-state index contributed by atoms with van der Waals surface area (Å²) in [7, 11) is 0. The standard InChI is InChI=1S/C86H105NO21/c1-53-71(92-45-60-32-18-10-19-33-60)75(96-49-64-40-26-14-27-41-64)66(51-91-44-59-30-16-9-17-31-59)103-82(53)105-78-69(89)84(101-55(3)72(78)93-46-61-34-20-11-21-35-61)107-81-80(97-50-65-42-28-15-29-43-65)74(95-48-63-38-24-13-25-39-63)57(5)102-85(81)106-79-70(90)83(100-56(4)73(79)94-47-62-36-22-12-23-37-62)104-77-68(87-58(6)88)54(2)99-67-52-98-86(7,8)108-76(67)77/h9-43,53-57,66-85,89-90H,44-52H2,1-8H3,(H,87,88)/t53?,54-,55?,56?,57?,66-,67?,68?,69?,70?,71?,72-,73-,74-,75+,76+,77+,78+,79+,80-,81?,82+,83-,84-,85-/m0/s1. The number of benzene rings is 7. The summed E-state index contributed by atoms with van der Waals surface area (Å²) in [5.41, 5.74) is 6.34. The maximum Gasteiger partial charge on any atom is 0.217 e. The van der Waals surface area contributed by atoms with Crippen LogP contribution in [0.4, 0.5) is 0 Å². The van der Waals surface area contributed by atoms with Gasteiger partial charge in [-0.05, 0) is 80.5 Å². The number of ether oxygens (including phenoxy) is 18. The van der Waals surface area contributed by atoms with Gasteiger partial charge in [0.1, 0.15) is 85.5 Å². The number of carbonyl (C=O) groups is 1. The molecule has 22 heteroatoms. The van der Waals surface area contributed by atoms with E-state index in [0.29, 0.717) is 6.61 Å². The summed E-state index contributed by atoms with van der Waals surface area (Å²) in [6.45, 7) is 15.8. The SMILES string of the molecule is CC(=O)NC1[C@H](C)OC2COC(C)(C)O[C@H]2[C@@H]1O[C@@H]1OC(C)[C@H](OCc2ccccc2)[C@H](O[C@@H]2OC(C)[C@H](OCc3ccccc3)[C@H](OCc3ccccc3)C2O[C@@H]2OC(C)[C@H](OCc3ccccc3)[C@H](O[C@H]3O[C@@H](COCc4ccccc4)[C@@H](OCc4ccccc4)C(OCc4ccccc4)C3C)C2O)C1O. The molecule has 3 N–H and O–H groups in total. The van der Waals surface area contributed by atoms with Gasteiger partial charge in [0, 0.05) is 12.8 Å². The third-order valence-corrected chi connectivity index (χ3v) is 20.8. The summed E-state index contributed by atoms with van der Waals surface area (Å²) in [6.07, 6.45) is -24.3. The average Bonchev–Trinajstić information content (AvgIpc) is 0.766. The lowest BCUT2D eigenvalue weighted by Crippen LogP contribution is -2.70. The molecule has 580 valence electrons. The summed E-state index contributed by atoms with van der Waals surface area (Å²) in [5, 5.41) is 30.0. The van der Waals surface area contributed by atoms with Crippen molar-refractivity contribution in [3.8, 4) is 0 Å². The van der Waals surface area contributed by atoms with E-state index in [0.717, 1.165) is 38.9 Å². The van der Waals surface area contributed by atoms with Crippen LogP contribution in [0.2, 0.25) is 0 Å². The van der Waals surface area contributed by atoms with Gasteiger partial charge in [0.25, 0.3) is 0 Å². The highest BCUT2D eigenvalue weighted by Gasteiger charge is 2.59. The zero-order chi connectivity index (χ0) is 75.1. The van der Waals surface area contributed by atoms with Crippen LogP contribution in [-0.2, 0) is 136 Å². The van der Waals surface area contributed by atoms with Gasteiger partial charge in [-0.15, -0.1) is 0 Å². The van der Waals surface area contributed by atoms with Gasteiger partial charge in [0.05, 0.1) is 96.0 Å². The Morgan fingerprint density at radius 3 is 1.15 bits per heavy atom. The maximum absolute atomic E-state index is 13.7. The first-order chi connectivity index (χ1) is 52.5. The zero-order valence-corrected chi connectivity index (χ0v) is 62.7. The molecule has 6 aliphatic rings. The molecule has 0 spiro atoms. The minimum atomic E-state index is -1.66. The van der Waals surface area contributed by atoms with Crippen LogP contribution in [-0.4, -0.2) is 182 Å². The Morgan fingerprint density at radius 1 is 0.389 bits per heavy atom. The lowest BCUT2D eigenvalue weighted by molar-refractivity contribution is -0.405. The fourth-order valence-electron chi connectivity index (χ4n) is 15.1. The molecule has 6 saturated heterocycles. The molecule has 10 unspecified atom stereocenters. The van der Waals surface area contributed by atoms with Gasteiger partial charge in [-0.2, -0.15) is 0 Å². The number of hydrogen-bond acceptors (Lipinski definition) is 21. The molecule has 22 nitrogen and oxygen atoms in total. The second-order valence-corrected chi connectivity index (χ2v) is 29.4.